The summed E-state index contributed by atoms with van der Waals surface area (Å²) < 4.78 is 15.2. The number of amides is 2. The maximum atomic E-state index is 12.3. The van der Waals surface area contributed by atoms with Gasteiger partial charge in [-0.25, -0.2) is 0 Å². The summed E-state index contributed by atoms with van der Waals surface area (Å²) in [5.74, 6) is -0.533. The second-order valence-corrected chi connectivity index (χ2v) is 6.54. The number of anilines is 1. The first-order valence-corrected chi connectivity index (χ1v) is 9.70. The van der Waals surface area contributed by atoms with Crippen LogP contribution in [0, 0.1) is 0 Å². The molecule has 0 fully saturated rings. The Labute approximate surface area is 185 Å². The lowest BCUT2D eigenvalue weighted by Gasteiger charge is -2.11. The zero-order chi connectivity index (χ0) is 22.8. The van der Waals surface area contributed by atoms with Crippen molar-refractivity contribution in [1.82, 2.24) is 5.32 Å². The second kappa shape index (κ2) is 11.6. The van der Waals surface area contributed by atoms with Gasteiger partial charge in [0.1, 0.15) is 6.54 Å². The number of carbonyl (C=O) groups is 3. The minimum atomic E-state index is -0.561. The third-order valence-electron chi connectivity index (χ3n) is 3.98. The maximum Gasteiger partial charge on any atom is 0.325 e. The Balaban J connectivity index is 2.06. The number of nitrogens with one attached hydrogen (secondary N) is 2. The molecule has 0 heterocycles. The highest BCUT2D eigenvalue weighted by atomic mass is 35.5. The van der Waals surface area contributed by atoms with Gasteiger partial charge in [0.25, 0.3) is 5.91 Å². The van der Waals surface area contributed by atoms with Crippen LogP contribution in [0.2, 0.25) is 5.02 Å². The van der Waals surface area contributed by atoms with Crippen molar-refractivity contribution in [3.05, 3.63) is 58.6 Å². The molecule has 9 heteroatoms. The normalized spacial score (nSPS) is 10.5. The maximum absolute atomic E-state index is 12.3. The molecule has 0 aliphatic carbocycles. The second-order valence-electron chi connectivity index (χ2n) is 6.13. The lowest BCUT2D eigenvalue weighted by Crippen LogP contribution is -2.30. The monoisotopic (exact) mass is 446 g/mol. The molecule has 0 atom stereocenters. The Morgan fingerprint density at radius 3 is 2.58 bits per heavy atom. The number of methoxy groups -OCH3 is 2. The van der Waals surface area contributed by atoms with Gasteiger partial charge >= 0.3 is 5.97 Å². The quantitative estimate of drug-likeness (QED) is 0.452. The summed E-state index contributed by atoms with van der Waals surface area (Å²) in [6.45, 7) is 2.03. The largest absolute Gasteiger partial charge is 0.493 e. The van der Waals surface area contributed by atoms with Crippen LogP contribution in [0.4, 0.5) is 5.69 Å². The molecular formula is C22H23ClN2O6. The van der Waals surface area contributed by atoms with E-state index in [4.69, 9.17) is 21.1 Å². The number of halogens is 1. The Morgan fingerprint density at radius 1 is 1.13 bits per heavy atom. The first kappa shape index (κ1) is 23.8. The van der Waals surface area contributed by atoms with E-state index in [1.165, 1.54) is 26.4 Å². The zero-order valence-corrected chi connectivity index (χ0v) is 18.1. The van der Waals surface area contributed by atoms with Crippen molar-refractivity contribution in [3.8, 4) is 11.5 Å². The first-order chi connectivity index (χ1) is 14.9. The smallest absolute Gasteiger partial charge is 0.325 e. The standard InChI is InChI=1S/C22H23ClN2O6/c1-4-31-21-17(23)10-14(11-18(21)29-2)8-9-19(26)25-16-7-5-6-15(12-16)22(28)24-13-20(27)30-3/h5-12H,4,13H2,1-3H3,(H,24,28)(H,25,26). The molecular weight excluding hydrogens is 424 g/mol. The zero-order valence-electron chi connectivity index (χ0n) is 17.4. The van der Waals surface area contributed by atoms with Crippen molar-refractivity contribution >= 4 is 41.1 Å². The molecule has 31 heavy (non-hydrogen) atoms. The van der Waals surface area contributed by atoms with Gasteiger partial charge in [-0.3, -0.25) is 14.4 Å². The first-order valence-electron chi connectivity index (χ1n) is 9.32. The van der Waals surface area contributed by atoms with E-state index in [1.54, 1.807) is 36.4 Å². The topological polar surface area (TPSA) is 103 Å². The fourth-order valence-electron chi connectivity index (χ4n) is 2.54. The molecule has 0 unspecified atom stereocenters. The molecule has 2 amide bonds. The number of ether oxygens (including phenoxy) is 3. The molecule has 0 radical (unpaired) electrons. The molecule has 0 aliphatic heterocycles. The minimum Gasteiger partial charge on any atom is -0.493 e. The van der Waals surface area contributed by atoms with E-state index in [0.29, 0.717) is 34.4 Å². The number of carbonyl (C=O) groups excluding carboxylic acids is 3. The fraction of sp³-hybridized carbons (Fsp3) is 0.227. The van der Waals surface area contributed by atoms with E-state index in [-0.39, 0.29) is 12.1 Å². The van der Waals surface area contributed by atoms with E-state index in [9.17, 15) is 14.4 Å². The van der Waals surface area contributed by atoms with Gasteiger partial charge in [0.2, 0.25) is 5.91 Å². The Bertz CT molecular complexity index is 990. The SMILES string of the molecule is CCOc1c(Cl)cc(C=CC(=O)Nc2cccc(C(=O)NCC(=O)OC)c2)cc1OC. The van der Waals surface area contributed by atoms with E-state index in [0.717, 1.165) is 0 Å². The molecule has 0 aromatic heterocycles. The lowest BCUT2D eigenvalue weighted by molar-refractivity contribution is -0.139. The molecule has 2 aromatic carbocycles. The highest BCUT2D eigenvalue weighted by molar-refractivity contribution is 6.32. The summed E-state index contributed by atoms with van der Waals surface area (Å²) in [4.78, 5) is 35.5. The van der Waals surface area contributed by atoms with Crippen LogP contribution in [0.1, 0.15) is 22.8 Å². The molecule has 0 spiro atoms. The molecule has 8 nitrogen and oxygen atoms in total. The van der Waals surface area contributed by atoms with Gasteiger partial charge in [-0.15, -0.1) is 0 Å². The average Bonchev–Trinajstić information content (AvgIpc) is 2.77. The van der Waals surface area contributed by atoms with Crippen molar-refractivity contribution in [2.24, 2.45) is 0 Å². The molecule has 2 aromatic rings. The van der Waals surface area contributed by atoms with Crippen LogP contribution >= 0.6 is 11.6 Å². The average molecular weight is 447 g/mol. The summed E-state index contributed by atoms with van der Waals surface area (Å²) in [5.41, 5.74) is 1.35. The number of benzene rings is 2. The third-order valence-corrected chi connectivity index (χ3v) is 4.26. The minimum absolute atomic E-state index is 0.247. The van der Waals surface area contributed by atoms with Crippen LogP contribution < -0.4 is 20.1 Å². The van der Waals surface area contributed by atoms with E-state index < -0.39 is 17.8 Å². The third kappa shape index (κ3) is 7.04. The fourth-order valence-corrected chi connectivity index (χ4v) is 2.81. The van der Waals surface area contributed by atoms with Gasteiger partial charge in [0.05, 0.1) is 25.8 Å². The van der Waals surface area contributed by atoms with E-state index >= 15 is 0 Å². The van der Waals surface area contributed by atoms with Gasteiger partial charge in [-0.05, 0) is 48.9 Å². The number of hydrogen-bond donors (Lipinski definition) is 2. The Kier molecular flexibility index (Phi) is 8.90. The molecule has 2 rings (SSSR count). The molecule has 164 valence electrons. The molecule has 0 saturated carbocycles. The summed E-state index contributed by atoms with van der Waals surface area (Å²) in [7, 11) is 2.73. The van der Waals surface area contributed by atoms with Crippen molar-refractivity contribution in [1.29, 1.82) is 0 Å². The van der Waals surface area contributed by atoms with Crippen LogP contribution in [0.25, 0.3) is 6.08 Å². The van der Waals surface area contributed by atoms with Gasteiger partial charge < -0.3 is 24.8 Å². The predicted molar refractivity (Wildman–Crippen MR) is 118 cm³/mol. The summed E-state index contributed by atoms with van der Waals surface area (Å²) in [6, 6.07) is 9.67. The lowest BCUT2D eigenvalue weighted by atomic mass is 10.1. The van der Waals surface area contributed by atoms with Gasteiger partial charge in [0.15, 0.2) is 11.5 Å². The van der Waals surface area contributed by atoms with Gasteiger partial charge in [-0.2, -0.15) is 0 Å². The summed E-state index contributed by atoms with van der Waals surface area (Å²) >= 11 is 6.23. The molecule has 0 bridgehead atoms. The van der Waals surface area contributed by atoms with E-state index in [1.807, 2.05) is 6.92 Å². The Morgan fingerprint density at radius 2 is 1.90 bits per heavy atom. The number of hydrogen-bond acceptors (Lipinski definition) is 6. The molecule has 0 saturated heterocycles. The van der Waals surface area contributed by atoms with E-state index in [2.05, 4.69) is 15.4 Å². The van der Waals surface area contributed by atoms with Gasteiger partial charge in [-0.1, -0.05) is 17.7 Å². The van der Waals surface area contributed by atoms with Crippen LogP contribution in [0.5, 0.6) is 11.5 Å². The van der Waals surface area contributed by atoms with Crippen molar-refractivity contribution < 1.29 is 28.6 Å². The summed E-state index contributed by atoms with van der Waals surface area (Å²) in [5, 5.41) is 5.47. The van der Waals surface area contributed by atoms with Gasteiger partial charge in [0, 0.05) is 17.3 Å². The van der Waals surface area contributed by atoms with Crippen molar-refractivity contribution in [2.45, 2.75) is 6.92 Å². The van der Waals surface area contributed by atoms with Crippen LogP contribution in [0.15, 0.2) is 42.5 Å². The highest BCUT2D eigenvalue weighted by Crippen LogP contribution is 2.36. The summed E-state index contributed by atoms with van der Waals surface area (Å²) in [6.07, 6.45) is 2.90. The number of esters is 1. The molecule has 0 aliphatic rings. The predicted octanol–water partition coefficient (Wildman–Crippen LogP) is 3.30. The molecule has 2 N–H and O–H groups in total. The van der Waals surface area contributed by atoms with Crippen molar-refractivity contribution in [3.63, 3.8) is 0 Å². The van der Waals surface area contributed by atoms with Crippen LogP contribution in [-0.4, -0.2) is 45.2 Å². The number of rotatable bonds is 9. The Hall–Kier alpha value is -3.52. The van der Waals surface area contributed by atoms with Crippen molar-refractivity contribution in [2.75, 3.05) is 32.7 Å². The van der Waals surface area contributed by atoms with Crippen LogP contribution in [-0.2, 0) is 14.3 Å². The highest BCUT2D eigenvalue weighted by Gasteiger charge is 2.11. The van der Waals surface area contributed by atoms with Crippen LogP contribution in [0.3, 0.4) is 0 Å².